The zero-order chi connectivity index (χ0) is 26.7. The molecule has 9 heteroatoms. The van der Waals surface area contributed by atoms with Crippen molar-refractivity contribution in [3.63, 3.8) is 0 Å². The minimum Gasteiger partial charge on any atom is -0.429 e. The van der Waals surface area contributed by atoms with Crippen LogP contribution in [-0.4, -0.2) is 13.2 Å². The van der Waals surface area contributed by atoms with Crippen LogP contribution in [0, 0.1) is 35.0 Å². The summed E-state index contributed by atoms with van der Waals surface area (Å²) in [5, 5.41) is 0. The molecule has 0 aliphatic heterocycles. The molecule has 0 N–H and O–H groups in total. The average Bonchev–Trinajstić information content (AvgIpc) is 2.86. The van der Waals surface area contributed by atoms with Gasteiger partial charge in [-0.3, -0.25) is 0 Å². The molecule has 1 fully saturated rings. The summed E-state index contributed by atoms with van der Waals surface area (Å²) in [5.41, 5.74) is -1.49. The van der Waals surface area contributed by atoms with Gasteiger partial charge in [-0.25, -0.2) is 22.0 Å². The Balaban J connectivity index is 1.50. The molecule has 1 aliphatic rings. The van der Waals surface area contributed by atoms with Gasteiger partial charge < -0.3 is 9.47 Å². The van der Waals surface area contributed by atoms with Crippen LogP contribution in [0.15, 0.2) is 48.5 Å². The summed E-state index contributed by atoms with van der Waals surface area (Å²) in [6.45, 7) is 3.10. The normalized spacial score (nSPS) is 18.2. The number of hydrogen-bond donors (Lipinski definition) is 0. The van der Waals surface area contributed by atoms with Crippen molar-refractivity contribution in [1.82, 2.24) is 0 Å². The Bertz CT molecular complexity index is 1250. The van der Waals surface area contributed by atoms with Crippen LogP contribution in [0.5, 0.6) is 5.75 Å². The van der Waals surface area contributed by atoms with E-state index in [0.29, 0.717) is 38.0 Å². The molecule has 1 saturated carbocycles. The van der Waals surface area contributed by atoms with Crippen LogP contribution in [0.25, 0.3) is 11.1 Å². The molecule has 1 aliphatic carbocycles. The molecule has 0 saturated heterocycles. The van der Waals surface area contributed by atoms with E-state index in [1.165, 1.54) is 0 Å². The van der Waals surface area contributed by atoms with Gasteiger partial charge in [0.2, 0.25) is 0 Å². The highest BCUT2D eigenvalue weighted by Gasteiger charge is 2.40. The molecule has 0 spiro atoms. The quantitative estimate of drug-likeness (QED) is 0.274. The Morgan fingerprint density at radius 3 is 2.16 bits per heavy atom. The van der Waals surface area contributed by atoms with Gasteiger partial charge in [-0.15, -0.1) is 0 Å². The first-order valence-electron chi connectivity index (χ1n) is 12.0. The van der Waals surface area contributed by atoms with E-state index in [2.05, 4.69) is 4.74 Å². The van der Waals surface area contributed by atoms with Crippen LogP contribution in [0.2, 0.25) is 0 Å². The van der Waals surface area contributed by atoms with Gasteiger partial charge in [-0.05, 0) is 85.9 Å². The monoisotopic (exact) mass is 526 g/mol. The fourth-order valence-corrected chi connectivity index (χ4v) is 4.69. The van der Waals surface area contributed by atoms with Gasteiger partial charge >= 0.3 is 6.11 Å². The zero-order valence-corrected chi connectivity index (χ0v) is 20.0. The summed E-state index contributed by atoms with van der Waals surface area (Å²) in [6.07, 6.45) is -1.61. The van der Waals surface area contributed by atoms with E-state index in [-0.39, 0.29) is 22.6 Å². The highest BCUT2D eigenvalue weighted by molar-refractivity contribution is 5.65. The number of hydrogen-bond acceptors (Lipinski definition) is 2. The first-order chi connectivity index (χ1) is 17.6. The molecule has 3 aromatic rings. The molecule has 0 amide bonds. The van der Waals surface area contributed by atoms with Crippen molar-refractivity contribution in [3.05, 3.63) is 88.7 Å². The molecule has 0 atom stereocenters. The average molecular weight is 526 g/mol. The van der Waals surface area contributed by atoms with E-state index < -0.39 is 46.5 Å². The van der Waals surface area contributed by atoms with Gasteiger partial charge in [-0.1, -0.05) is 12.1 Å². The molecule has 3 aromatic carbocycles. The zero-order valence-electron chi connectivity index (χ0n) is 20.0. The van der Waals surface area contributed by atoms with Gasteiger partial charge in [0.1, 0.15) is 17.1 Å². The Kier molecular flexibility index (Phi) is 8.11. The first-order valence-corrected chi connectivity index (χ1v) is 12.0. The third-order valence-corrected chi connectivity index (χ3v) is 6.69. The first kappa shape index (κ1) is 27.0. The van der Waals surface area contributed by atoms with Crippen molar-refractivity contribution in [2.75, 3.05) is 13.2 Å². The summed E-state index contributed by atoms with van der Waals surface area (Å²) < 4.78 is 110. The lowest BCUT2D eigenvalue weighted by Gasteiger charge is -2.29. The Hall–Kier alpha value is -3.07. The summed E-state index contributed by atoms with van der Waals surface area (Å²) >= 11 is 0. The molecule has 2 nitrogen and oxygen atoms in total. The summed E-state index contributed by atoms with van der Waals surface area (Å²) in [6, 6.07) is 7.22. The molecule has 0 heterocycles. The number of halogens is 7. The maximum absolute atomic E-state index is 14.9. The summed E-state index contributed by atoms with van der Waals surface area (Å²) in [5.74, 6) is -7.09. The van der Waals surface area contributed by atoms with Crippen molar-refractivity contribution in [2.24, 2.45) is 5.92 Å². The maximum atomic E-state index is 14.9. The fraction of sp³-hybridized carbons (Fsp3) is 0.357. The summed E-state index contributed by atoms with van der Waals surface area (Å²) in [4.78, 5) is 0. The van der Waals surface area contributed by atoms with Crippen LogP contribution in [0.4, 0.5) is 30.7 Å². The maximum Gasteiger partial charge on any atom is 0.429 e. The van der Waals surface area contributed by atoms with Crippen LogP contribution in [0.1, 0.15) is 49.7 Å². The lowest BCUT2D eigenvalue weighted by atomic mass is 9.78. The van der Waals surface area contributed by atoms with Gasteiger partial charge in [-0.2, -0.15) is 8.78 Å². The predicted octanol–water partition coefficient (Wildman–Crippen LogP) is 8.49. The lowest BCUT2D eigenvalue weighted by Crippen LogP contribution is -2.25. The second-order valence-electron chi connectivity index (χ2n) is 9.10. The molecular formula is C28H25F7O2. The van der Waals surface area contributed by atoms with Crippen molar-refractivity contribution in [2.45, 2.75) is 44.6 Å². The van der Waals surface area contributed by atoms with Gasteiger partial charge in [0.05, 0.1) is 0 Å². The number of rotatable bonds is 8. The molecule has 0 bridgehead atoms. The van der Waals surface area contributed by atoms with Gasteiger partial charge in [0.25, 0.3) is 0 Å². The second-order valence-corrected chi connectivity index (χ2v) is 9.10. The SMILES string of the molecule is CCOCC1CCC(c2ccc(C(F)(F)Oc3ccc(-c4ccc(F)c(F)c4)c(F)c3)c(F)c2F)CC1. The largest absolute Gasteiger partial charge is 0.429 e. The van der Waals surface area contributed by atoms with Gasteiger partial charge in [0, 0.05) is 24.8 Å². The van der Waals surface area contributed by atoms with Crippen LogP contribution in [0.3, 0.4) is 0 Å². The molecule has 4 rings (SSSR count). The third-order valence-electron chi connectivity index (χ3n) is 6.69. The van der Waals surface area contributed by atoms with E-state index in [4.69, 9.17) is 4.74 Å². The standard InChI is InChI=1S/C28H25F7O2/c1-2-36-15-16-3-5-17(6-4-16)21-10-11-22(27(33)26(21)32)28(34,35)37-19-8-9-20(24(30)14-19)18-7-12-23(29)25(31)13-18/h7-14,16-17H,2-6,15H2,1H3. The van der Waals surface area contributed by atoms with Crippen molar-refractivity contribution in [3.8, 4) is 16.9 Å². The van der Waals surface area contributed by atoms with Crippen LogP contribution >= 0.6 is 0 Å². The summed E-state index contributed by atoms with van der Waals surface area (Å²) in [7, 11) is 0. The molecule has 0 unspecified atom stereocenters. The molecular weight excluding hydrogens is 501 g/mol. The van der Waals surface area contributed by atoms with E-state index in [1.54, 1.807) is 0 Å². The van der Waals surface area contributed by atoms with Gasteiger partial charge in [0.15, 0.2) is 23.3 Å². The highest BCUT2D eigenvalue weighted by atomic mass is 19.3. The van der Waals surface area contributed by atoms with Crippen molar-refractivity contribution < 1.29 is 40.2 Å². The Morgan fingerprint density at radius 2 is 1.51 bits per heavy atom. The predicted molar refractivity (Wildman–Crippen MR) is 124 cm³/mol. The smallest absolute Gasteiger partial charge is 0.429 e. The molecule has 0 aromatic heterocycles. The molecule has 198 valence electrons. The van der Waals surface area contributed by atoms with E-state index in [9.17, 15) is 30.7 Å². The number of alkyl halides is 2. The third kappa shape index (κ3) is 5.92. The van der Waals surface area contributed by atoms with Crippen molar-refractivity contribution in [1.29, 1.82) is 0 Å². The van der Waals surface area contributed by atoms with E-state index >= 15 is 0 Å². The molecule has 0 radical (unpaired) electrons. The van der Waals surface area contributed by atoms with E-state index in [1.807, 2.05) is 6.92 Å². The fourth-order valence-electron chi connectivity index (χ4n) is 4.69. The Labute approximate surface area is 210 Å². The van der Waals surface area contributed by atoms with Crippen LogP contribution < -0.4 is 4.74 Å². The minimum absolute atomic E-state index is 0.0228. The number of benzene rings is 3. The second kappa shape index (κ2) is 11.1. The highest BCUT2D eigenvalue weighted by Crippen LogP contribution is 2.41. The Morgan fingerprint density at radius 1 is 0.784 bits per heavy atom. The van der Waals surface area contributed by atoms with Crippen molar-refractivity contribution >= 4 is 0 Å². The number of ether oxygens (including phenoxy) is 2. The van der Waals surface area contributed by atoms with E-state index in [0.717, 1.165) is 55.3 Å². The topological polar surface area (TPSA) is 18.5 Å². The lowest BCUT2D eigenvalue weighted by molar-refractivity contribution is -0.187. The van der Waals surface area contributed by atoms with Crippen LogP contribution in [-0.2, 0) is 10.8 Å². The minimum atomic E-state index is -4.31. The molecule has 37 heavy (non-hydrogen) atoms.